The molecule has 0 atom stereocenters. The Labute approximate surface area is 242 Å². The van der Waals surface area contributed by atoms with Gasteiger partial charge >= 0.3 is 0 Å². The highest BCUT2D eigenvalue weighted by Gasteiger charge is 2.29. The third kappa shape index (κ3) is 6.82. The van der Waals surface area contributed by atoms with Crippen LogP contribution in [0.5, 0.6) is 5.75 Å². The molecular weight excluding hydrogens is 618 g/mol. The Morgan fingerprint density at radius 2 is 1.45 bits per heavy atom. The van der Waals surface area contributed by atoms with Gasteiger partial charge in [-0.05, 0) is 85.3 Å². The van der Waals surface area contributed by atoms with E-state index in [9.17, 15) is 21.6 Å². The first-order chi connectivity index (χ1) is 19.0. The lowest BCUT2D eigenvalue weighted by Crippen LogP contribution is -2.38. The van der Waals surface area contributed by atoms with Crippen molar-refractivity contribution in [2.24, 2.45) is 0 Å². The molecule has 2 N–H and O–H groups in total. The smallest absolute Gasteiger partial charge is 0.264 e. The van der Waals surface area contributed by atoms with Gasteiger partial charge in [0.1, 0.15) is 12.3 Å². The number of benzene rings is 4. The molecule has 9 nitrogen and oxygen atoms in total. The summed E-state index contributed by atoms with van der Waals surface area (Å²) in [5.41, 5.74) is 1.67. The predicted octanol–water partition coefficient (Wildman–Crippen LogP) is 5.40. The molecule has 0 bridgehead atoms. The van der Waals surface area contributed by atoms with Gasteiger partial charge in [-0.1, -0.05) is 40.2 Å². The Kier molecular flexibility index (Phi) is 8.82. The van der Waals surface area contributed by atoms with Gasteiger partial charge in [0.15, 0.2) is 0 Å². The van der Waals surface area contributed by atoms with Crippen molar-refractivity contribution in [3.8, 4) is 5.75 Å². The normalized spacial score (nSPS) is 11.5. The van der Waals surface area contributed by atoms with E-state index in [0.29, 0.717) is 11.4 Å². The van der Waals surface area contributed by atoms with Crippen molar-refractivity contribution in [2.45, 2.75) is 16.7 Å². The van der Waals surface area contributed by atoms with Crippen molar-refractivity contribution >= 4 is 58.9 Å². The standard InChI is InChI=1S/C28H26BrN3O6S2/c1-20-8-17-27(38-2)26(18-20)32(40(36,37)25-6-4-3-5-7-25)19-28(33)30-22-13-15-24(16-14-22)39(34,35)31-23-11-9-21(29)10-12-23/h3-18,31H,19H2,1-2H3,(H,30,33). The van der Waals surface area contributed by atoms with Crippen LogP contribution in [0.25, 0.3) is 0 Å². The van der Waals surface area contributed by atoms with E-state index in [1.807, 2.05) is 0 Å². The Hall–Kier alpha value is -3.87. The van der Waals surface area contributed by atoms with E-state index in [4.69, 9.17) is 4.74 Å². The number of carbonyl (C=O) groups is 1. The van der Waals surface area contributed by atoms with Gasteiger partial charge in [0.25, 0.3) is 20.0 Å². The molecule has 0 saturated carbocycles. The summed E-state index contributed by atoms with van der Waals surface area (Å²) < 4.78 is 62.5. The minimum absolute atomic E-state index is 0.00815. The topological polar surface area (TPSA) is 122 Å². The van der Waals surface area contributed by atoms with E-state index < -0.39 is 32.5 Å². The maximum Gasteiger partial charge on any atom is 0.264 e. The zero-order valence-corrected chi connectivity index (χ0v) is 24.8. The molecule has 0 aliphatic carbocycles. The number of sulfonamides is 2. The van der Waals surface area contributed by atoms with Crippen LogP contribution in [-0.4, -0.2) is 36.4 Å². The van der Waals surface area contributed by atoms with Crippen LogP contribution in [0.1, 0.15) is 5.56 Å². The van der Waals surface area contributed by atoms with Crippen LogP contribution >= 0.6 is 15.9 Å². The number of halogens is 1. The zero-order chi connectivity index (χ0) is 28.9. The van der Waals surface area contributed by atoms with E-state index in [2.05, 4.69) is 26.0 Å². The van der Waals surface area contributed by atoms with E-state index in [0.717, 1.165) is 14.3 Å². The maximum atomic E-state index is 13.6. The van der Waals surface area contributed by atoms with Gasteiger partial charge in [-0.15, -0.1) is 0 Å². The summed E-state index contributed by atoms with van der Waals surface area (Å²) >= 11 is 3.30. The molecule has 208 valence electrons. The third-order valence-electron chi connectivity index (χ3n) is 5.77. The summed E-state index contributed by atoms with van der Waals surface area (Å²) in [6, 6.07) is 25.0. The lowest BCUT2D eigenvalue weighted by molar-refractivity contribution is -0.114. The van der Waals surface area contributed by atoms with Crippen LogP contribution in [-0.2, 0) is 24.8 Å². The molecule has 1 amide bonds. The van der Waals surface area contributed by atoms with Crippen LogP contribution < -0.4 is 19.1 Å². The summed E-state index contributed by atoms with van der Waals surface area (Å²) in [7, 11) is -6.60. The predicted molar refractivity (Wildman–Crippen MR) is 159 cm³/mol. The average Bonchev–Trinajstić information content (AvgIpc) is 2.93. The van der Waals surface area contributed by atoms with E-state index >= 15 is 0 Å². The average molecular weight is 645 g/mol. The van der Waals surface area contributed by atoms with Gasteiger partial charge in [0.2, 0.25) is 5.91 Å². The summed E-state index contributed by atoms with van der Waals surface area (Å²) in [5.74, 6) is -0.350. The number of amides is 1. The number of rotatable bonds is 10. The molecule has 12 heteroatoms. The van der Waals surface area contributed by atoms with Gasteiger partial charge < -0.3 is 10.1 Å². The monoisotopic (exact) mass is 643 g/mol. The highest BCUT2D eigenvalue weighted by molar-refractivity contribution is 9.10. The minimum atomic E-state index is -4.15. The van der Waals surface area contributed by atoms with Gasteiger partial charge in [0, 0.05) is 15.8 Å². The molecule has 4 aromatic rings. The fourth-order valence-corrected chi connectivity index (χ4v) is 6.56. The molecular formula is C28H26BrN3O6S2. The summed E-state index contributed by atoms with van der Waals surface area (Å²) in [6.45, 7) is 1.25. The van der Waals surface area contributed by atoms with Gasteiger partial charge in [-0.25, -0.2) is 16.8 Å². The molecule has 0 saturated heterocycles. The Balaban J connectivity index is 1.56. The van der Waals surface area contributed by atoms with Crippen molar-refractivity contribution in [3.63, 3.8) is 0 Å². The van der Waals surface area contributed by atoms with Crippen LogP contribution in [0.4, 0.5) is 17.1 Å². The molecule has 40 heavy (non-hydrogen) atoms. The molecule has 0 heterocycles. The summed E-state index contributed by atoms with van der Waals surface area (Å²) in [5, 5.41) is 2.65. The summed E-state index contributed by atoms with van der Waals surface area (Å²) in [4.78, 5) is 13.1. The lowest BCUT2D eigenvalue weighted by atomic mass is 10.2. The molecule has 4 aromatic carbocycles. The Morgan fingerprint density at radius 3 is 2.08 bits per heavy atom. The Bertz CT molecular complexity index is 1710. The van der Waals surface area contributed by atoms with E-state index in [1.54, 1.807) is 67.6 Å². The number of aryl methyl sites for hydroxylation is 1. The lowest BCUT2D eigenvalue weighted by Gasteiger charge is -2.26. The maximum absolute atomic E-state index is 13.6. The number of methoxy groups -OCH3 is 1. The van der Waals surface area contributed by atoms with Crippen molar-refractivity contribution in [1.29, 1.82) is 0 Å². The first-order valence-electron chi connectivity index (χ1n) is 11.9. The molecule has 0 fully saturated rings. The fourth-order valence-electron chi connectivity index (χ4n) is 3.79. The van der Waals surface area contributed by atoms with Gasteiger partial charge in [-0.3, -0.25) is 13.8 Å². The van der Waals surface area contributed by atoms with Gasteiger partial charge in [0.05, 0.1) is 22.6 Å². The number of nitrogens with zero attached hydrogens (tertiary/aromatic N) is 1. The highest BCUT2D eigenvalue weighted by atomic mass is 79.9. The van der Waals surface area contributed by atoms with Crippen molar-refractivity contribution < 1.29 is 26.4 Å². The van der Waals surface area contributed by atoms with Crippen LogP contribution in [0.15, 0.2) is 111 Å². The second-order valence-corrected chi connectivity index (χ2v) is 13.1. The number of ether oxygens (including phenoxy) is 1. The largest absolute Gasteiger partial charge is 0.495 e. The molecule has 4 rings (SSSR count). The first kappa shape index (κ1) is 29.1. The highest BCUT2D eigenvalue weighted by Crippen LogP contribution is 2.33. The zero-order valence-electron chi connectivity index (χ0n) is 21.5. The third-order valence-corrected chi connectivity index (χ3v) is 9.47. The molecule has 0 unspecified atom stereocenters. The van der Waals surface area contributed by atoms with Crippen molar-refractivity contribution in [2.75, 3.05) is 28.0 Å². The van der Waals surface area contributed by atoms with E-state index in [-0.39, 0.29) is 21.2 Å². The van der Waals surface area contributed by atoms with Crippen molar-refractivity contribution in [1.82, 2.24) is 0 Å². The number of hydrogen-bond donors (Lipinski definition) is 2. The second-order valence-electron chi connectivity index (χ2n) is 8.68. The molecule has 0 aromatic heterocycles. The molecule has 0 spiro atoms. The Morgan fingerprint density at radius 1 is 0.825 bits per heavy atom. The summed E-state index contributed by atoms with van der Waals surface area (Å²) in [6.07, 6.45) is 0. The van der Waals surface area contributed by atoms with Crippen LogP contribution in [0.2, 0.25) is 0 Å². The number of carbonyl (C=O) groups excluding carboxylic acids is 1. The fraction of sp³-hybridized carbons (Fsp3) is 0.107. The molecule has 0 aliphatic heterocycles. The molecule has 0 radical (unpaired) electrons. The number of hydrogen-bond acceptors (Lipinski definition) is 6. The SMILES string of the molecule is COc1ccc(C)cc1N(CC(=O)Nc1ccc(S(=O)(=O)Nc2ccc(Br)cc2)cc1)S(=O)(=O)c1ccccc1. The first-order valence-corrected chi connectivity index (χ1v) is 15.6. The number of nitrogens with one attached hydrogen (secondary N) is 2. The van der Waals surface area contributed by atoms with Gasteiger partial charge in [-0.2, -0.15) is 0 Å². The van der Waals surface area contributed by atoms with Crippen molar-refractivity contribution in [3.05, 3.63) is 107 Å². The second kappa shape index (κ2) is 12.1. The minimum Gasteiger partial charge on any atom is -0.495 e. The quantitative estimate of drug-likeness (QED) is 0.239. The molecule has 0 aliphatic rings. The van der Waals surface area contributed by atoms with E-state index in [1.165, 1.54) is 43.5 Å². The van der Waals surface area contributed by atoms with Crippen LogP contribution in [0, 0.1) is 6.92 Å². The van der Waals surface area contributed by atoms with Crippen LogP contribution in [0.3, 0.4) is 0 Å². The number of anilines is 3.